The lowest BCUT2D eigenvalue weighted by Crippen LogP contribution is -2.21. The number of nitriles is 1. The Balaban J connectivity index is 2.04. The quantitative estimate of drug-likeness (QED) is 0.708. The van der Waals surface area contributed by atoms with E-state index < -0.39 is 5.82 Å². The van der Waals surface area contributed by atoms with E-state index in [0.717, 1.165) is 0 Å². The number of halogens is 1. The van der Waals surface area contributed by atoms with Crippen molar-refractivity contribution in [3.05, 3.63) is 70.0 Å². The van der Waals surface area contributed by atoms with Crippen molar-refractivity contribution < 1.29 is 4.39 Å². The molecular formula is C14H9FN4O. The molecule has 0 aliphatic rings. The molecule has 0 radical (unpaired) electrons. The van der Waals surface area contributed by atoms with Crippen molar-refractivity contribution >= 4 is 5.65 Å². The van der Waals surface area contributed by atoms with E-state index >= 15 is 0 Å². The number of hydrogen-bond donors (Lipinski definition) is 0. The molecule has 0 unspecified atom stereocenters. The van der Waals surface area contributed by atoms with Gasteiger partial charge in [-0.2, -0.15) is 5.26 Å². The lowest BCUT2D eigenvalue weighted by atomic mass is 10.1. The van der Waals surface area contributed by atoms with Crippen LogP contribution in [0.4, 0.5) is 4.39 Å². The maximum atomic E-state index is 13.2. The van der Waals surface area contributed by atoms with E-state index in [-0.39, 0.29) is 17.8 Å². The Morgan fingerprint density at radius 1 is 1.30 bits per heavy atom. The van der Waals surface area contributed by atoms with Crippen LogP contribution in [0.3, 0.4) is 0 Å². The highest BCUT2D eigenvalue weighted by Gasteiger charge is 2.08. The predicted molar refractivity (Wildman–Crippen MR) is 69.7 cm³/mol. The summed E-state index contributed by atoms with van der Waals surface area (Å²) in [6.45, 7) is 0.190. The molecule has 0 saturated heterocycles. The van der Waals surface area contributed by atoms with Gasteiger partial charge in [-0.05, 0) is 29.8 Å². The third-order valence-corrected chi connectivity index (χ3v) is 2.97. The van der Waals surface area contributed by atoms with Gasteiger partial charge in [-0.1, -0.05) is 12.1 Å². The SMILES string of the molecule is N#Cc1cc(Cn2nc3ccccn3c2=O)ccc1F. The number of nitrogens with zero attached hydrogens (tertiary/aromatic N) is 4. The minimum Gasteiger partial charge on any atom is -0.250 e. The zero-order chi connectivity index (χ0) is 14.1. The van der Waals surface area contributed by atoms with Crippen molar-refractivity contribution in [3.63, 3.8) is 0 Å². The Labute approximate surface area is 113 Å². The number of fused-ring (bicyclic) bond motifs is 1. The maximum absolute atomic E-state index is 13.2. The van der Waals surface area contributed by atoms with Gasteiger partial charge in [-0.25, -0.2) is 13.9 Å². The van der Waals surface area contributed by atoms with E-state index in [0.29, 0.717) is 11.2 Å². The molecule has 5 nitrogen and oxygen atoms in total. The van der Waals surface area contributed by atoms with Crippen molar-refractivity contribution in [2.75, 3.05) is 0 Å². The van der Waals surface area contributed by atoms with Crippen molar-refractivity contribution in [1.29, 1.82) is 5.26 Å². The minimum absolute atomic E-state index is 0.0423. The molecule has 0 atom stereocenters. The largest absolute Gasteiger partial charge is 0.350 e. The molecule has 3 rings (SSSR count). The summed E-state index contributed by atoms with van der Waals surface area (Å²) in [5, 5.41) is 13.0. The molecule has 98 valence electrons. The summed E-state index contributed by atoms with van der Waals surface area (Å²) >= 11 is 0. The highest BCUT2D eigenvalue weighted by Crippen LogP contribution is 2.10. The van der Waals surface area contributed by atoms with Crippen LogP contribution in [0.15, 0.2) is 47.4 Å². The highest BCUT2D eigenvalue weighted by atomic mass is 19.1. The lowest BCUT2D eigenvalue weighted by molar-refractivity contribution is 0.618. The van der Waals surface area contributed by atoms with E-state index in [1.54, 1.807) is 30.5 Å². The number of benzene rings is 1. The first-order valence-corrected chi connectivity index (χ1v) is 5.92. The summed E-state index contributed by atoms with van der Waals surface area (Å²) in [5.41, 5.74) is 0.872. The minimum atomic E-state index is -0.571. The molecule has 0 amide bonds. The standard InChI is InChI=1S/C14H9FN4O/c15-12-5-4-10(7-11(12)8-16)9-19-14(20)18-6-2-1-3-13(18)17-19/h1-7H,9H2. The molecular weight excluding hydrogens is 259 g/mol. The monoisotopic (exact) mass is 268 g/mol. The van der Waals surface area contributed by atoms with Gasteiger partial charge in [-0.15, -0.1) is 5.10 Å². The topological polar surface area (TPSA) is 63.1 Å². The van der Waals surface area contributed by atoms with Crippen molar-refractivity contribution in [2.45, 2.75) is 6.54 Å². The number of rotatable bonds is 2. The zero-order valence-electron chi connectivity index (χ0n) is 10.3. The van der Waals surface area contributed by atoms with Crippen LogP contribution in [-0.2, 0) is 6.54 Å². The normalized spacial score (nSPS) is 10.6. The summed E-state index contributed by atoms with van der Waals surface area (Å²) in [7, 11) is 0. The molecule has 0 N–H and O–H groups in total. The number of pyridine rings is 1. The summed E-state index contributed by atoms with van der Waals surface area (Å²) < 4.78 is 16.0. The van der Waals surface area contributed by atoms with Gasteiger partial charge in [0.2, 0.25) is 0 Å². The van der Waals surface area contributed by atoms with E-state index in [2.05, 4.69) is 5.10 Å². The first kappa shape index (κ1) is 12.1. The van der Waals surface area contributed by atoms with Gasteiger partial charge in [0, 0.05) is 6.20 Å². The van der Waals surface area contributed by atoms with Crippen LogP contribution < -0.4 is 5.69 Å². The van der Waals surface area contributed by atoms with Crippen LogP contribution in [0.5, 0.6) is 0 Å². The van der Waals surface area contributed by atoms with Crippen LogP contribution >= 0.6 is 0 Å². The van der Waals surface area contributed by atoms with Crippen molar-refractivity contribution in [2.24, 2.45) is 0 Å². The predicted octanol–water partition coefficient (Wildman–Crippen LogP) is 1.56. The molecule has 0 saturated carbocycles. The summed E-state index contributed by atoms with van der Waals surface area (Å²) in [5.74, 6) is -0.571. The van der Waals surface area contributed by atoms with Gasteiger partial charge in [-0.3, -0.25) is 4.40 Å². The molecule has 20 heavy (non-hydrogen) atoms. The highest BCUT2D eigenvalue weighted by molar-refractivity contribution is 5.37. The van der Waals surface area contributed by atoms with Crippen molar-refractivity contribution in [1.82, 2.24) is 14.2 Å². The molecule has 0 aliphatic heterocycles. The fourth-order valence-corrected chi connectivity index (χ4v) is 2.00. The maximum Gasteiger partial charge on any atom is 0.350 e. The molecule has 0 bridgehead atoms. The third-order valence-electron chi connectivity index (χ3n) is 2.97. The van der Waals surface area contributed by atoms with Gasteiger partial charge in [0.05, 0.1) is 12.1 Å². The molecule has 2 heterocycles. The third kappa shape index (κ3) is 1.95. The molecule has 2 aromatic heterocycles. The van der Waals surface area contributed by atoms with Crippen LogP contribution in [0.1, 0.15) is 11.1 Å². The van der Waals surface area contributed by atoms with Crippen molar-refractivity contribution in [3.8, 4) is 6.07 Å². The van der Waals surface area contributed by atoms with Gasteiger partial charge in [0.15, 0.2) is 5.65 Å². The smallest absolute Gasteiger partial charge is 0.250 e. The van der Waals surface area contributed by atoms with E-state index in [1.807, 2.05) is 0 Å². The van der Waals surface area contributed by atoms with Crippen LogP contribution in [0, 0.1) is 17.1 Å². The first-order chi connectivity index (χ1) is 9.69. The van der Waals surface area contributed by atoms with E-state index in [9.17, 15) is 9.18 Å². The first-order valence-electron chi connectivity index (χ1n) is 5.92. The molecule has 1 aromatic carbocycles. The van der Waals surface area contributed by atoms with E-state index in [4.69, 9.17) is 5.26 Å². The number of aromatic nitrogens is 3. The van der Waals surface area contributed by atoms with Gasteiger partial charge < -0.3 is 0 Å². The lowest BCUT2D eigenvalue weighted by Gasteiger charge is -2.01. The molecule has 0 spiro atoms. The zero-order valence-corrected chi connectivity index (χ0v) is 10.3. The van der Waals surface area contributed by atoms with E-state index in [1.165, 1.54) is 27.3 Å². The fourth-order valence-electron chi connectivity index (χ4n) is 2.00. The Morgan fingerprint density at radius 2 is 2.15 bits per heavy atom. The Bertz CT molecular complexity index is 888. The second-order valence-corrected chi connectivity index (χ2v) is 4.30. The summed E-state index contributed by atoms with van der Waals surface area (Å²) in [6.07, 6.45) is 1.63. The molecule has 0 aliphatic carbocycles. The summed E-state index contributed by atoms with van der Waals surface area (Å²) in [6, 6.07) is 11.2. The van der Waals surface area contributed by atoms with Crippen LogP contribution in [-0.4, -0.2) is 14.2 Å². The fraction of sp³-hybridized carbons (Fsp3) is 0.0714. The molecule has 3 aromatic rings. The Hall–Kier alpha value is -2.94. The Morgan fingerprint density at radius 3 is 2.90 bits per heavy atom. The average molecular weight is 268 g/mol. The number of hydrogen-bond acceptors (Lipinski definition) is 3. The second kappa shape index (κ2) is 4.63. The Kier molecular flexibility index (Phi) is 2.80. The summed E-state index contributed by atoms with van der Waals surface area (Å²) in [4.78, 5) is 12.1. The van der Waals surface area contributed by atoms with Gasteiger partial charge >= 0.3 is 5.69 Å². The van der Waals surface area contributed by atoms with Gasteiger partial charge in [0.1, 0.15) is 11.9 Å². The average Bonchev–Trinajstić information content (AvgIpc) is 2.78. The van der Waals surface area contributed by atoms with Crippen LogP contribution in [0.25, 0.3) is 5.65 Å². The van der Waals surface area contributed by atoms with Gasteiger partial charge in [0.25, 0.3) is 0 Å². The molecule has 6 heteroatoms. The van der Waals surface area contributed by atoms with Crippen LogP contribution in [0.2, 0.25) is 0 Å². The molecule has 0 fully saturated rings. The second-order valence-electron chi connectivity index (χ2n) is 4.30.